The standard InChI is InChI=1S/C10H14O6S/c11-7(1-3-9(13)14)5-17-6-8(12)2-4-10(15)16/h1-6H2,(H,13,14)(H,15,16). The lowest BCUT2D eigenvalue weighted by atomic mass is 10.2. The van der Waals surface area contributed by atoms with Gasteiger partial charge >= 0.3 is 11.9 Å². The molecule has 0 aromatic rings. The fourth-order valence-corrected chi connectivity index (χ4v) is 1.76. The van der Waals surface area contributed by atoms with Crippen LogP contribution in [0.4, 0.5) is 0 Å². The lowest BCUT2D eigenvalue weighted by Crippen LogP contribution is -2.09. The monoisotopic (exact) mass is 262 g/mol. The molecule has 6 nitrogen and oxygen atoms in total. The van der Waals surface area contributed by atoms with E-state index in [2.05, 4.69) is 0 Å². The van der Waals surface area contributed by atoms with E-state index in [1.54, 1.807) is 0 Å². The molecule has 0 fully saturated rings. The molecule has 0 saturated heterocycles. The molecular formula is C10H14O6S. The molecule has 0 aliphatic heterocycles. The summed E-state index contributed by atoms with van der Waals surface area (Å²) in [5.41, 5.74) is 0. The molecule has 0 bridgehead atoms. The molecule has 0 aromatic carbocycles. The molecule has 0 saturated carbocycles. The Kier molecular flexibility index (Phi) is 8.04. The van der Waals surface area contributed by atoms with E-state index in [1.807, 2.05) is 0 Å². The lowest BCUT2D eigenvalue weighted by molar-refractivity contribution is -0.138. The van der Waals surface area contributed by atoms with Crippen molar-refractivity contribution in [2.24, 2.45) is 0 Å². The summed E-state index contributed by atoms with van der Waals surface area (Å²) in [5, 5.41) is 16.7. The summed E-state index contributed by atoms with van der Waals surface area (Å²) in [5.74, 6) is -2.31. The predicted octanol–water partition coefficient (Wildman–Crippen LogP) is 0.587. The van der Waals surface area contributed by atoms with Crippen molar-refractivity contribution >= 4 is 35.3 Å². The first-order chi connectivity index (χ1) is 7.91. The molecule has 0 unspecified atom stereocenters. The van der Waals surface area contributed by atoms with Gasteiger partial charge in [0.15, 0.2) is 0 Å². The molecule has 0 spiro atoms. The van der Waals surface area contributed by atoms with Crippen LogP contribution in [0.25, 0.3) is 0 Å². The highest BCUT2D eigenvalue weighted by molar-refractivity contribution is 8.00. The first kappa shape index (κ1) is 15.6. The summed E-state index contributed by atoms with van der Waals surface area (Å²) in [6.45, 7) is 0. The zero-order valence-electron chi connectivity index (χ0n) is 9.18. The fraction of sp³-hybridized carbons (Fsp3) is 0.600. The second-order valence-electron chi connectivity index (χ2n) is 3.36. The third kappa shape index (κ3) is 10.9. The molecule has 96 valence electrons. The average molecular weight is 262 g/mol. The second-order valence-corrected chi connectivity index (χ2v) is 4.34. The minimum Gasteiger partial charge on any atom is -0.481 e. The summed E-state index contributed by atoms with van der Waals surface area (Å²) in [4.78, 5) is 42.5. The van der Waals surface area contributed by atoms with Gasteiger partial charge in [-0.1, -0.05) is 0 Å². The average Bonchev–Trinajstić information content (AvgIpc) is 2.23. The van der Waals surface area contributed by atoms with E-state index >= 15 is 0 Å². The van der Waals surface area contributed by atoms with E-state index in [-0.39, 0.29) is 48.8 Å². The third-order valence-electron chi connectivity index (χ3n) is 1.76. The number of carbonyl (C=O) groups excluding carboxylic acids is 2. The largest absolute Gasteiger partial charge is 0.481 e. The van der Waals surface area contributed by atoms with Crippen molar-refractivity contribution in [3.63, 3.8) is 0 Å². The quantitative estimate of drug-likeness (QED) is 0.593. The van der Waals surface area contributed by atoms with Gasteiger partial charge in [-0.15, -0.1) is 11.8 Å². The highest BCUT2D eigenvalue weighted by Gasteiger charge is 2.09. The van der Waals surface area contributed by atoms with Crippen LogP contribution in [0.5, 0.6) is 0 Å². The molecule has 0 radical (unpaired) electrons. The van der Waals surface area contributed by atoms with Crippen LogP contribution in [0, 0.1) is 0 Å². The van der Waals surface area contributed by atoms with E-state index in [4.69, 9.17) is 10.2 Å². The van der Waals surface area contributed by atoms with Crippen LogP contribution in [0.3, 0.4) is 0 Å². The van der Waals surface area contributed by atoms with Crippen molar-refractivity contribution < 1.29 is 29.4 Å². The molecular weight excluding hydrogens is 248 g/mol. The number of hydrogen-bond donors (Lipinski definition) is 2. The Hall–Kier alpha value is -1.37. The Morgan fingerprint density at radius 2 is 1.06 bits per heavy atom. The zero-order valence-corrected chi connectivity index (χ0v) is 9.99. The van der Waals surface area contributed by atoms with Crippen molar-refractivity contribution in [1.82, 2.24) is 0 Å². The number of Topliss-reactive ketones (excluding diaryl/α,β-unsaturated/α-hetero) is 2. The van der Waals surface area contributed by atoms with Gasteiger partial charge in [-0.2, -0.15) is 0 Å². The molecule has 0 amide bonds. The van der Waals surface area contributed by atoms with Crippen LogP contribution in [-0.4, -0.2) is 45.2 Å². The van der Waals surface area contributed by atoms with Gasteiger partial charge in [-0.25, -0.2) is 0 Å². The van der Waals surface area contributed by atoms with Crippen molar-refractivity contribution in [3.05, 3.63) is 0 Å². The van der Waals surface area contributed by atoms with E-state index < -0.39 is 11.9 Å². The number of carbonyl (C=O) groups is 4. The Morgan fingerprint density at radius 1 is 0.706 bits per heavy atom. The number of carboxylic acids is 2. The first-order valence-electron chi connectivity index (χ1n) is 4.96. The second kappa shape index (κ2) is 8.74. The highest BCUT2D eigenvalue weighted by Crippen LogP contribution is 2.06. The molecule has 0 atom stereocenters. The fourth-order valence-electron chi connectivity index (χ4n) is 0.916. The number of hydrogen-bond acceptors (Lipinski definition) is 5. The van der Waals surface area contributed by atoms with E-state index in [9.17, 15) is 19.2 Å². The maximum atomic E-state index is 11.1. The number of ketones is 2. The van der Waals surface area contributed by atoms with Crippen LogP contribution in [0.1, 0.15) is 25.7 Å². The minimum atomic E-state index is -1.03. The van der Waals surface area contributed by atoms with Gasteiger partial charge in [0.2, 0.25) is 0 Å². The summed E-state index contributed by atoms with van der Waals surface area (Å²) < 4.78 is 0. The molecule has 7 heteroatoms. The van der Waals surface area contributed by atoms with Gasteiger partial charge in [0.1, 0.15) is 11.6 Å². The number of rotatable bonds is 10. The molecule has 0 aliphatic rings. The minimum absolute atomic E-state index is 0.0361. The topological polar surface area (TPSA) is 109 Å². The number of thioether (sulfide) groups is 1. The van der Waals surface area contributed by atoms with Crippen LogP contribution in [0.15, 0.2) is 0 Å². The van der Waals surface area contributed by atoms with Gasteiger partial charge in [-0.3, -0.25) is 19.2 Å². The summed E-state index contributed by atoms with van der Waals surface area (Å²) in [7, 11) is 0. The SMILES string of the molecule is O=C(O)CCC(=O)CSCC(=O)CCC(=O)O. The summed E-state index contributed by atoms with van der Waals surface area (Å²) >= 11 is 1.09. The van der Waals surface area contributed by atoms with Crippen LogP contribution in [0.2, 0.25) is 0 Å². The van der Waals surface area contributed by atoms with Gasteiger partial charge in [0, 0.05) is 12.8 Å². The molecule has 0 heterocycles. The van der Waals surface area contributed by atoms with E-state index in [0.29, 0.717) is 0 Å². The third-order valence-corrected chi connectivity index (χ3v) is 2.81. The van der Waals surface area contributed by atoms with E-state index in [0.717, 1.165) is 11.8 Å². The lowest BCUT2D eigenvalue weighted by Gasteiger charge is -1.99. The Bertz CT molecular complexity index is 282. The molecule has 17 heavy (non-hydrogen) atoms. The summed E-state index contributed by atoms with van der Waals surface area (Å²) in [6.07, 6.45) is -0.476. The predicted molar refractivity (Wildman–Crippen MR) is 61.1 cm³/mol. The van der Waals surface area contributed by atoms with Gasteiger partial charge < -0.3 is 10.2 Å². The van der Waals surface area contributed by atoms with Crippen molar-refractivity contribution in [2.75, 3.05) is 11.5 Å². The highest BCUT2D eigenvalue weighted by atomic mass is 32.2. The molecule has 2 N–H and O–H groups in total. The Labute approximate surface area is 102 Å². The smallest absolute Gasteiger partial charge is 0.303 e. The van der Waals surface area contributed by atoms with Crippen LogP contribution < -0.4 is 0 Å². The number of aliphatic carboxylic acids is 2. The van der Waals surface area contributed by atoms with Gasteiger partial charge in [-0.05, 0) is 0 Å². The first-order valence-corrected chi connectivity index (χ1v) is 6.12. The van der Waals surface area contributed by atoms with Crippen LogP contribution in [-0.2, 0) is 19.2 Å². The van der Waals surface area contributed by atoms with Crippen molar-refractivity contribution in [3.8, 4) is 0 Å². The molecule has 0 aliphatic carbocycles. The number of carboxylic acid groups (broad SMARTS) is 2. The normalized spacial score (nSPS) is 9.88. The van der Waals surface area contributed by atoms with E-state index in [1.165, 1.54) is 0 Å². The zero-order chi connectivity index (χ0) is 13.3. The van der Waals surface area contributed by atoms with Crippen molar-refractivity contribution in [1.29, 1.82) is 0 Å². The maximum Gasteiger partial charge on any atom is 0.303 e. The van der Waals surface area contributed by atoms with Crippen LogP contribution >= 0.6 is 11.8 Å². The summed E-state index contributed by atoms with van der Waals surface area (Å²) in [6, 6.07) is 0. The molecule has 0 rings (SSSR count). The Morgan fingerprint density at radius 3 is 1.35 bits per heavy atom. The van der Waals surface area contributed by atoms with Gasteiger partial charge in [0.25, 0.3) is 0 Å². The van der Waals surface area contributed by atoms with Crippen molar-refractivity contribution in [2.45, 2.75) is 25.7 Å². The Balaban J connectivity index is 3.55. The maximum absolute atomic E-state index is 11.1. The molecule has 0 aromatic heterocycles. The van der Waals surface area contributed by atoms with Gasteiger partial charge in [0.05, 0.1) is 24.3 Å².